The van der Waals surface area contributed by atoms with E-state index in [1.54, 1.807) is 12.5 Å². The highest BCUT2D eigenvalue weighted by Crippen LogP contribution is 2.18. The number of amides is 1. The molecule has 118 valence electrons. The zero-order valence-corrected chi connectivity index (χ0v) is 12.8. The van der Waals surface area contributed by atoms with Crippen LogP contribution in [0.2, 0.25) is 0 Å². The number of nitrogens with zero attached hydrogens (tertiary/aromatic N) is 2. The first-order valence-electron chi connectivity index (χ1n) is 7.55. The fraction of sp³-hybridized carbons (Fsp3) is 0.667. The van der Waals surface area contributed by atoms with Gasteiger partial charge >= 0.3 is 5.97 Å². The second-order valence-electron chi connectivity index (χ2n) is 5.31. The van der Waals surface area contributed by atoms with Crippen LogP contribution >= 0.6 is 0 Å². The molecule has 2 atom stereocenters. The van der Waals surface area contributed by atoms with Gasteiger partial charge in [0, 0.05) is 30.9 Å². The summed E-state index contributed by atoms with van der Waals surface area (Å²) in [6.45, 7) is 4.05. The van der Waals surface area contributed by atoms with E-state index in [4.69, 9.17) is 5.11 Å². The fourth-order valence-corrected chi connectivity index (χ4v) is 2.46. The van der Waals surface area contributed by atoms with E-state index < -0.39 is 5.97 Å². The highest BCUT2D eigenvalue weighted by Gasteiger charge is 2.19. The number of carboxylic acids is 1. The third-order valence-electron chi connectivity index (χ3n) is 3.41. The number of carbonyl (C=O) groups excluding carboxylic acids is 1. The van der Waals surface area contributed by atoms with Crippen molar-refractivity contribution in [1.29, 1.82) is 0 Å². The van der Waals surface area contributed by atoms with Crippen molar-refractivity contribution in [2.75, 3.05) is 0 Å². The largest absolute Gasteiger partial charge is 0.481 e. The molecule has 0 aliphatic carbocycles. The van der Waals surface area contributed by atoms with Gasteiger partial charge in [0.15, 0.2) is 0 Å². The number of aromatic nitrogens is 2. The van der Waals surface area contributed by atoms with Crippen LogP contribution in [-0.2, 0) is 9.59 Å². The lowest BCUT2D eigenvalue weighted by molar-refractivity contribution is -0.137. The highest BCUT2D eigenvalue weighted by atomic mass is 16.4. The molecule has 1 rings (SSSR count). The van der Waals surface area contributed by atoms with Crippen LogP contribution in [0.5, 0.6) is 0 Å². The van der Waals surface area contributed by atoms with E-state index in [0.29, 0.717) is 12.8 Å². The minimum absolute atomic E-state index is 0.0247. The van der Waals surface area contributed by atoms with Crippen LogP contribution in [0.3, 0.4) is 0 Å². The predicted octanol–water partition coefficient (Wildman–Crippen LogP) is 2.37. The van der Waals surface area contributed by atoms with Crippen molar-refractivity contribution in [3.05, 3.63) is 18.7 Å². The van der Waals surface area contributed by atoms with Crippen LogP contribution in [0.4, 0.5) is 0 Å². The number of nitrogens with one attached hydrogen (secondary N) is 1. The molecule has 0 aromatic carbocycles. The summed E-state index contributed by atoms with van der Waals surface area (Å²) in [5, 5.41) is 11.7. The third kappa shape index (κ3) is 6.42. The average molecular weight is 295 g/mol. The second-order valence-corrected chi connectivity index (χ2v) is 5.31. The number of aliphatic carboxylic acids is 1. The molecule has 1 aromatic heterocycles. The second kappa shape index (κ2) is 9.15. The first kappa shape index (κ1) is 17.2. The zero-order chi connectivity index (χ0) is 15.7. The van der Waals surface area contributed by atoms with Crippen LogP contribution in [0.1, 0.15) is 58.4 Å². The van der Waals surface area contributed by atoms with E-state index in [1.165, 1.54) is 0 Å². The molecule has 6 nitrogen and oxygen atoms in total. The SMILES string of the molecule is CCCC(CC(=O)O)NC(=O)CC(CCC)n1ccnc1. The smallest absolute Gasteiger partial charge is 0.305 e. The molecule has 1 amide bonds. The van der Waals surface area contributed by atoms with Crippen molar-refractivity contribution in [3.8, 4) is 0 Å². The number of hydrogen-bond donors (Lipinski definition) is 2. The van der Waals surface area contributed by atoms with E-state index in [9.17, 15) is 9.59 Å². The Bertz CT molecular complexity index is 431. The van der Waals surface area contributed by atoms with Crippen molar-refractivity contribution in [3.63, 3.8) is 0 Å². The number of imidazole rings is 1. The molecule has 0 saturated heterocycles. The van der Waals surface area contributed by atoms with Gasteiger partial charge in [0.1, 0.15) is 0 Å². The number of carbonyl (C=O) groups is 2. The normalized spacial score (nSPS) is 13.6. The van der Waals surface area contributed by atoms with Crippen molar-refractivity contribution < 1.29 is 14.7 Å². The van der Waals surface area contributed by atoms with Gasteiger partial charge in [-0.15, -0.1) is 0 Å². The fourth-order valence-electron chi connectivity index (χ4n) is 2.46. The number of hydrogen-bond acceptors (Lipinski definition) is 3. The molecular formula is C15H25N3O3. The number of carboxylic acid groups (broad SMARTS) is 1. The van der Waals surface area contributed by atoms with E-state index in [1.807, 2.05) is 17.7 Å². The Morgan fingerprint density at radius 2 is 1.95 bits per heavy atom. The van der Waals surface area contributed by atoms with Gasteiger partial charge in [0.05, 0.1) is 12.7 Å². The standard InChI is InChI=1S/C15H25N3O3/c1-3-5-12(9-15(20)21)17-14(19)10-13(6-4-2)18-8-7-16-11-18/h7-8,11-13H,3-6,9-10H2,1-2H3,(H,17,19)(H,20,21). The van der Waals surface area contributed by atoms with Crippen molar-refractivity contribution >= 4 is 11.9 Å². The summed E-state index contributed by atoms with van der Waals surface area (Å²) < 4.78 is 1.94. The number of rotatable bonds is 10. The van der Waals surface area contributed by atoms with Gasteiger partial charge in [0.2, 0.25) is 5.91 Å². The van der Waals surface area contributed by atoms with Crippen LogP contribution in [0.15, 0.2) is 18.7 Å². The molecule has 2 N–H and O–H groups in total. The molecular weight excluding hydrogens is 270 g/mol. The van der Waals surface area contributed by atoms with Crippen LogP contribution < -0.4 is 5.32 Å². The molecule has 6 heteroatoms. The molecule has 1 aromatic rings. The minimum Gasteiger partial charge on any atom is -0.481 e. The Labute approximate surface area is 125 Å². The molecule has 0 radical (unpaired) electrons. The summed E-state index contributed by atoms with van der Waals surface area (Å²) in [5.74, 6) is -0.977. The topological polar surface area (TPSA) is 84.2 Å². The monoisotopic (exact) mass is 295 g/mol. The molecule has 0 aliphatic rings. The van der Waals surface area contributed by atoms with E-state index in [-0.39, 0.29) is 24.4 Å². The Kier molecular flexibility index (Phi) is 7.50. The summed E-state index contributed by atoms with van der Waals surface area (Å²) in [6.07, 6.45) is 8.99. The van der Waals surface area contributed by atoms with Gasteiger partial charge < -0.3 is 15.0 Å². The Balaban J connectivity index is 2.57. The van der Waals surface area contributed by atoms with E-state index in [0.717, 1.165) is 19.3 Å². The van der Waals surface area contributed by atoms with Gasteiger partial charge in [-0.3, -0.25) is 9.59 Å². The first-order chi connectivity index (χ1) is 10.1. The van der Waals surface area contributed by atoms with Gasteiger partial charge in [0.25, 0.3) is 0 Å². The van der Waals surface area contributed by atoms with Gasteiger partial charge in [-0.1, -0.05) is 26.7 Å². The van der Waals surface area contributed by atoms with Crippen molar-refractivity contribution in [1.82, 2.24) is 14.9 Å². The molecule has 0 aliphatic heterocycles. The lowest BCUT2D eigenvalue weighted by Gasteiger charge is -2.20. The first-order valence-corrected chi connectivity index (χ1v) is 7.55. The van der Waals surface area contributed by atoms with E-state index in [2.05, 4.69) is 17.2 Å². The molecule has 21 heavy (non-hydrogen) atoms. The Hall–Kier alpha value is -1.85. The quantitative estimate of drug-likeness (QED) is 0.694. The van der Waals surface area contributed by atoms with Gasteiger partial charge in [-0.2, -0.15) is 0 Å². The third-order valence-corrected chi connectivity index (χ3v) is 3.41. The molecule has 2 unspecified atom stereocenters. The Morgan fingerprint density at radius 1 is 1.24 bits per heavy atom. The summed E-state index contributed by atoms with van der Waals surface area (Å²) in [6, 6.07) is -0.213. The zero-order valence-electron chi connectivity index (χ0n) is 12.8. The van der Waals surface area contributed by atoms with Crippen molar-refractivity contribution in [2.45, 2.75) is 64.5 Å². The maximum absolute atomic E-state index is 12.2. The molecule has 0 bridgehead atoms. The maximum Gasteiger partial charge on any atom is 0.305 e. The van der Waals surface area contributed by atoms with Crippen LogP contribution in [0.25, 0.3) is 0 Å². The Morgan fingerprint density at radius 3 is 2.48 bits per heavy atom. The summed E-state index contributed by atoms with van der Waals surface area (Å²) in [5.41, 5.74) is 0. The van der Waals surface area contributed by atoms with Gasteiger partial charge in [-0.25, -0.2) is 4.98 Å². The van der Waals surface area contributed by atoms with Gasteiger partial charge in [-0.05, 0) is 12.8 Å². The van der Waals surface area contributed by atoms with Crippen LogP contribution in [-0.4, -0.2) is 32.6 Å². The summed E-state index contributed by atoms with van der Waals surface area (Å²) >= 11 is 0. The van der Waals surface area contributed by atoms with E-state index >= 15 is 0 Å². The van der Waals surface area contributed by atoms with Crippen LogP contribution in [0, 0.1) is 0 Å². The lowest BCUT2D eigenvalue weighted by atomic mass is 10.1. The predicted molar refractivity (Wildman–Crippen MR) is 79.9 cm³/mol. The molecule has 0 saturated carbocycles. The molecule has 0 fully saturated rings. The maximum atomic E-state index is 12.2. The highest BCUT2D eigenvalue weighted by molar-refractivity contribution is 5.77. The molecule has 1 heterocycles. The summed E-state index contributed by atoms with van der Waals surface area (Å²) in [7, 11) is 0. The molecule has 0 spiro atoms. The minimum atomic E-state index is -0.881. The van der Waals surface area contributed by atoms with Crippen molar-refractivity contribution in [2.24, 2.45) is 0 Å². The summed E-state index contributed by atoms with van der Waals surface area (Å²) in [4.78, 5) is 27.0. The average Bonchev–Trinajstić information content (AvgIpc) is 2.91. The lowest BCUT2D eigenvalue weighted by Crippen LogP contribution is -2.37.